The van der Waals surface area contributed by atoms with Crippen molar-refractivity contribution in [3.63, 3.8) is 0 Å². The standard InChI is InChI=1S/C11H13BrN2O/c1-13-6-9-8-4-3-7(15-2)5-10(8)14-11(9)12/h3-5,13-14H,6H2,1-2H3. The van der Waals surface area contributed by atoms with E-state index in [4.69, 9.17) is 4.74 Å². The summed E-state index contributed by atoms with van der Waals surface area (Å²) < 4.78 is 6.21. The van der Waals surface area contributed by atoms with Crippen molar-refractivity contribution in [2.75, 3.05) is 14.2 Å². The van der Waals surface area contributed by atoms with Gasteiger partial charge in [0.15, 0.2) is 0 Å². The minimum Gasteiger partial charge on any atom is -0.497 e. The Morgan fingerprint density at radius 2 is 2.27 bits per heavy atom. The highest BCUT2D eigenvalue weighted by Gasteiger charge is 2.08. The molecular formula is C11H13BrN2O. The number of methoxy groups -OCH3 is 1. The van der Waals surface area contributed by atoms with E-state index in [9.17, 15) is 0 Å². The lowest BCUT2D eigenvalue weighted by Gasteiger charge is -2.00. The van der Waals surface area contributed by atoms with Gasteiger partial charge in [0.2, 0.25) is 0 Å². The topological polar surface area (TPSA) is 37.0 Å². The van der Waals surface area contributed by atoms with Crippen molar-refractivity contribution in [1.82, 2.24) is 10.3 Å². The third kappa shape index (κ3) is 1.87. The van der Waals surface area contributed by atoms with Crippen LogP contribution in [0.5, 0.6) is 5.75 Å². The molecule has 2 N–H and O–H groups in total. The molecule has 80 valence electrons. The monoisotopic (exact) mass is 268 g/mol. The van der Waals surface area contributed by atoms with Gasteiger partial charge >= 0.3 is 0 Å². The number of fused-ring (bicyclic) bond motifs is 1. The average Bonchev–Trinajstić information content (AvgIpc) is 2.55. The van der Waals surface area contributed by atoms with Crippen LogP contribution < -0.4 is 10.1 Å². The number of nitrogens with one attached hydrogen (secondary N) is 2. The van der Waals surface area contributed by atoms with E-state index < -0.39 is 0 Å². The number of rotatable bonds is 3. The molecular weight excluding hydrogens is 256 g/mol. The molecule has 0 unspecified atom stereocenters. The third-order valence-corrected chi connectivity index (χ3v) is 3.09. The van der Waals surface area contributed by atoms with Gasteiger partial charge in [-0.2, -0.15) is 0 Å². The summed E-state index contributed by atoms with van der Waals surface area (Å²) >= 11 is 3.52. The summed E-state index contributed by atoms with van der Waals surface area (Å²) in [7, 11) is 3.61. The van der Waals surface area contributed by atoms with E-state index in [1.807, 2.05) is 19.2 Å². The number of halogens is 1. The summed E-state index contributed by atoms with van der Waals surface area (Å²) in [6.07, 6.45) is 0. The molecule has 0 radical (unpaired) electrons. The van der Waals surface area contributed by atoms with Crippen molar-refractivity contribution < 1.29 is 4.74 Å². The van der Waals surface area contributed by atoms with Crippen LogP contribution in [-0.4, -0.2) is 19.1 Å². The summed E-state index contributed by atoms with van der Waals surface area (Å²) in [5.41, 5.74) is 2.33. The first-order chi connectivity index (χ1) is 7.26. The number of aromatic amines is 1. The molecule has 1 aromatic carbocycles. The minimum absolute atomic E-state index is 0.840. The molecule has 0 aliphatic heterocycles. The summed E-state index contributed by atoms with van der Waals surface area (Å²) in [6, 6.07) is 6.04. The highest BCUT2D eigenvalue weighted by atomic mass is 79.9. The molecule has 0 saturated heterocycles. The van der Waals surface area contributed by atoms with Crippen LogP contribution in [0.4, 0.5) is 0 Å². The molecule has 1 aromatic heterocycles. The quantitative estimate of drug-likeness (QED) is 0.898. The lowest BCUT2D eigenvalue weighted by molar-refractivity contribution is 0.415. The lowest BCUT2D eigenvalue weighted by Crippen LogP contribution is -2.04. The first kappa shape index (κ1) is 10.5. The molecule has 1 heterocycles. The Bertz CT molecular complexity index is 479. The van der Waals surface area contributed by atoms with E-state index >= 15 is 0 Å². The Morgan fingerprint density at radius 1 is 1.47 bits per heavy atom. The molecule has 0 amide bonds. The van der Waals surface area contributed by atoms with Gasteiger partial charge in [-0.05, 0) is 35.1 Å². The first-order valence-electron chi connectivity index (χ1n) is 4.75. The fourth-order valence-corrected chi connectivity index (χ4v) is 2.25. The molecule has 2 aromatic rings. The number of aromatic nitrogens is 1. The second-order valence-corrected chi connectivity index (χ2v) is 4.15. The SMILES string of the molecule is CNCc1c(Br)[nH]c2cc(OC)ccc12. The Hall–Kier alpha value is -1.00. The zero-order valence-electron chi connectivity index (χ0n) is 8.73. The Kier molecular flexibility index (Phi) is 2.98. The fourth-order valence-electron chi connectivity index (χ4n) is 1.68. The predicted octanol–water partition coefficient (Wildman–Crippen LogP) is 2.66. The van der Waals surface area contributed by atoms with Crippen LogP contribution in [0, 0.1) is 0 Å². The van der Waals surface area contributed by atoms with Crippen molar-refractivity contribution in [1.29, 1.82) is 0 Å². The first-order valence-corrected chi connectivity index (χ1v) is 5.54. The number of benzene rings is 1. The number of hydrogen-bond acceptors (Lipinski definition) is 2. The fraction of sp³-hybridized carbons (Fsp3) is 0.273. The Balaban J connectivity index is 2.58. The summed E-state index contributed by atoms with van der Waals surface area (Å²) in [6.45, 7) is 0.840. The van der Waals surface area contributed by atoms with E-state index in [0.717, 1.165) is 22.4 Å². The summed E-state index contributed by atoms with van der Waals surface area (Å²) in [5.74, 6) is 0.868. The third-order valence-electron chi connectivity index (χ3n) is 2.41. The molecule has 0 spiro atoms. The maximum Gasteiger partial charge on any atom is 0.120 e. The highest BCUT2D eigenvalue weighted by Crippen LogP contribution is 2.28. The highest BCUT2D eigenvalue weighted by molar-refractivity contribution is 9.10. The van der Waals surface area contributed by atoms with Crippen LogP contribution in [0.15, 0.2) is 22.8 Å². The van der Waals surface area contributed by atoms with Gasteiger partial charge in [-0.3, -0.25) is 0 Å². The van der Waals surface area contributed by atoms with Crippen molar-refractivity contribution in [3.8, 4) is 5.75 Å². The van der Waals surface area contributed by atoms with Gasteiger partial charge in [0.05, 0.1) is 17.2 Å². The molecule has 0 aliphatic rings. The largest absolute Gasteiger partial charge is 0.497 e. The van der Waals surface area contributed by atoms with Crippen molar-refractivity contribution >= 4 is 26.8 Å². The molecule has 0 saturated carbocycles. The molecule has 0 bridgehead atoms. The van der Waals surface area contributed by atoms with Gasteiger partial charge < -0.3 is 15.0 Å². The zero-order valence-corrected chi connectivity index (χ0v) is 10.3. The van der Waals surface area contributed by atoms with Crippen LogP contribution in [0.25, 0.3) is 10.9 Å². The molecule has 3 nitrogen and oxygen atoms in total. The van der Waals surface area contributed by atoms with Crippen LogP contribution in [0.3, 0.4) is 0 Å². The predicted molar refractivity (Wildman–Crippen MR) is 65.3 cm³/mol. The Labute approximate surface area is 96.9 Å². The van der Waals surface area contributed by atoms with Gasteiger partial charge in [0.1, 0.15) is 5.75 Å². The molecule has 0 aliphatic carbocycles. The number of hydrogen-bond donors (Lipinski definition) is 2. The smallest absolute Gasteiger partial charge is 0.120 e. The van der Waals surface area contributed by atoms with E-state index in [1.54, 1.807) is 7.11 Å². The van der Waals surface area contributed by atoms with Crippen LogP contribution in [-0.2, 0) is 6.54 Å². The van der Waals surface area contributed by atoms with E-state index in [2.05, 4.69) is 32.3 Å². The second-order valence-electron chi connectivity index (χ2n) is 3.36. The zero-order chi connectivity index (χ0) is 10.8. The molecule has 0 atom stereocenters. The number of H-pyrrole nitrogens is 1. The van der Waals surface area contributed by atoms with E-state index in [0.29, 0.717) is 0 Å². The van der Waals surface area contributed by atoms with E-state index in [-0.39, 0.29) is 0 Å². The van der Waals surface area contributed by atoms with Gasteiger partial charge in [0.25, 0.3) is 0 Å². The van der Waals surface area contributed by atoms with Gasteiger partial charge in [-0.1, -0.05) is 0 Å². The molecule has 4 heteroatoms. The van der Waals surface area contributed by atoms with Crippen molar-refractivity contribution in [2.45, 2.75) is 6.54 Å². The minimum atomic E-state index is 0.840. The summed E-state index contributed by atoms with van der Waals surface area (Å²) in [5, 5.41) is 4.37. The maximum atomic E-state index is 5.18. The van der Waals surface area contributed by atoms with Gasteiger partial charge in [0, 0.05) is 23.6 Å². The summed E-state index contributed by atoms with van der Waals surface area (Å²) in [4.78, 5) is 3.28. The normalized spacial score (nSPS) is 10.9. The molecule has 2 rings (SSSR count). The maximum absolute atomic E-state index is 5.18. The van der Waals surface area contributed by atoms with Crippen molar-refractivity contribution in [2.24, 2.45) is 0 Å². The van der Waals surface area contributed by atoms with Crippen molar-refractivity contribution in [3.05, 3.63) is 28.4 Å². The van der Waals surface area contributed by atoms with Gasteiger partial charge in [-0.15, -0.1) is 0 Å². The van der Waals surface area contributed by atoms with Gasteiger partial charge in [-0.25, -0.2) is 0 Å². The van der Waals surface area contributed by atoms with E-state index in [1.165, 1.54) is 10.9 Å². The Morgan fingerprint density at radius 3 is 2.93 bits per heavy atom. The molecule has 0 fully saturated rings. The number of ether oxygens (including phenoxy) is 1. The van der Waals surface area contributed by atoms with Crippen LogP contribution in [0.1, 0.15) is 5.56 Å². The second kappa shape index (κ2) is 4.24. The molecule has 15 heavy (non-hydrogen) atoms. The lowest BCUT2D eigenvalue weighted by atomic mass is 10.1. The average molecular weight is 269 g/mol. The van der Waals surface area contributed by atoms with Crippen LogP contribution >= 0.6 is 15.9 Å². The van der Waals surface area contributed by atoms with Crippen LogP contribution in [0.2, 0.25) is 0 Å².